The van der Waals surface area contributed by atoms with Gasteiger partial charge >= 0.3 is 5.97 Å². The lowest BCUT2D eigenvalue weighted by atomic mass is 9.96. The number of nitrogens with one attached hydrogen (secondary N) is 1. The predicted octanol–water partition coefficient (Wildman–Crippen LogP) is 0.666. The van der Waals surface area contributed by atoms with E-state index in [1.165, 1.54) is 0 Å². The maximum absolute atomic E-state index is 10.5. The van der Waals surface area contributed by atoms with Gasteiger partial charge in [-0.3, -0.25) is 4.79 Å². The van der Waals surface area contributed by atoms with E-state index in [9.17, 15) is 9.59 Å². The second kappa shape index (κ2) is 5.70. The van der Waals surface area contributed by atoms with Crippen molar-refractivity contribution in [3.05, 3.63) is 0 Å². The quantitative estimate of drug-likeness (QED) is 0.454. The van der Waals surface area contributed by atoms with E-state index in [-0.39, 0.29) is 11.8 Å². The predicted molar refractivity (Wildman–Crippen MR) is 49.6 cm³/mol. The van der Waals surface area contributed by atoms with E-state index in [0.29, 0.717) is 19.5 Å². The smallest absolute Gasteiger partial charge is 0.303 e. The van der Waals surface area contributed by atoms with Crippen LogP contribution >= 0.6 is 0 Å². The Morgan fingerprint density at radius 2 is 2.15 bits per heavy atom. The van der Waals surface area contributed by atoms with Crippen LogP contribution in [0.5, 0.6) is 0 Å². The Hall–Kier alpha value is -0.900. The number of rotatable bonds is 7. The minimum Gasteiger partial charge on any atom is -0.481 e. The van der Waals surface area contributed by atoms with Crippen LogP contribution in [0.1, 0.15) is 26.7 Å². The molecule has 0 aromatic rings. The lowest BCUT2D eigenvalue weighted by molar-refractivity contribution is -0.137. The van der Waals surface area contributed by atoms with Crippen molar-refractivity contribution in [1.29, 1.82) is 0 Å². The van der Waals surface area contributed by atoms with Gasteiger partial charge in [0.25, 0.3) is 0 Å². The highest BCUT2D eigenvalue weighted by molar-refractivity contribution is 5.66. The van der Waals surface area contributed by atoms with Crippen LogP contribution in [0.25, 0.3) is 0 Å². The molecule has 0 bridgehead atoms. The number of aldehydes is 1. The van der Waals surface area contributed by atoms with Crippen LogP contribution in [-0.4, -0.2) is 30.5 Å². The van der Waals surface area contributed by atoms with Crippen molar-refractivity contribution >= 4 is 12.3 Å². The summed E-state index contributed by atoms with van der Waals surface area (Å²) in [6.45, 7) is 4.91. The van der Waals surface area contributed by atoms with Gasteiger partial charge in [0.1, 0.15) is 6.29 Å². The van der Waals surface area contributed by atoms with Crippen LogP contribution < -0.4 is 5.32 Å². The van der Waals surface area contributed by atoms with Gasteiger partial charge in [0, 0.05) is 18.4 Å². The molecule has 0 rings (SSSR count). The summed E-state index contributed by atoms with van der Waals surface area (Å²) in [6.07, 6.45) is 1.68. The highest BCUT2D eigenvalue weighted by atomic mass is 16.4. The molecule has 0 atom stereocenters. The SMILES string of the molecule is CC(C)(C=O)CNCCCC(=O)O. The highest BCUT2D eigenvalue weighted by Crippen LogP contribution is 2.07. The third-order valence-electron chi connectivity index (χ3n) is 1.64. The summed E-state index contributed by atoms with van der Waals surface area (Å²) in [5.41, 5.74) is -0.358. The Bertz CT molecular complexity index is 178. The summed E-state index contributed by atoms with van der Waals surface area (Å²) in [6, 6.07) is 0. The molecule has 0 heterocycles. The average Bonchev–Trinajstić information content (AvgIpc) is 2.03. The fourth-order valence-corrected chi connectivity index (χ4v) is 0.817. The Balaban J connectivity index is 3.35. The van der Waals surface area contributed by atoms with E-state index < -0.39 is 5.97 Å². The standard InChI is InChI=1S/C9H17NO3/c1-9(2,7-11)6-10-5-3-4-8(12)13/h7,10H,3-6H2,1-2H3,(H,12,13). The van der Waals surface area contributed by atoms with Crippen molar-refractivity contribution in [3.8, 4) is 0 Å². The fraction of sp³-hybridized carbons (Fsp3) is 0.778. The maximum Gasteiger partial charge on any atom is 0.303 e. The Kier molecular flexibility index (Phi) is 5.30. The van der Waals surface area contributed by atoms with E-state index in [1.807, 2.05) is 13.8 Å². The lowest BCUT2D eigenvalue weighted by Gasteiger charge is -2.16. The highest BCUT2D eigenvalue weighted by Gasteiger charge is 2.14. The lowest BCUT2D eigenvalue weighted by Crippen LogP contribution is -2.31. The number of aliphatic carboxylic acids is 1. The molecule has 0 saturated carbocycles. The van der Waals surface area contributed by atoms with Crippen molar-refractivity contribution in [2.24, 2.45) is 5.41 Å². The summed E-state index contributed by atoms with van der Waals surface area (Å²) < 4.78 is 0. The van der Waals surface area contributed by atoms with Gasteiger partial charge < -0.3 is 15.2 Å². The molecule has 0 aliphatic carbocycles. The normalized spacial score (nSPS) is 11.2. The van der Waals surface area contributed by atoms with E-state index in [2.05, 4.69) is 5.32 Å². The van der Waals surface area contributed by atoms with Gasteiger partial charge in [-0.15, -0.1) is 0 Å². The number of carbonyl (C=O) groups is 2. The van der Waals surface area contributed by atoms with Crippen molar-refractivity contribution in [3.63, 3.8) is 0 Å². The van der Waals surface area contributed by atoms with Gasteiger partial charge in [0.2, 0.25) is 0 Å². The van der Waals surface area contributed by atoms with Crippen molar-refractivity contribution < 1.29 is 14.7 Å². The van der Waals surface area contributed by atoms with Crippen LogP contribution in [0.2, 0.25) is 0 Å². The molecule has 0 unspecified atom stereocenters. The topological polar surface area (TPSA) is 66.4 Å². The molecule has 4 heteroatoms. The second-order valence-corrected chi connectivity index (χ2v) is 3.78. The first-order valence-corrected chi connectivity index (χ1v) is 4.37. The zero-order valence-corrected chi connectivity index (χ0v) is 8.17. The second-order valence-electron chi connectivity index (χ2n) is 3.78. The summed E-state index contributed by atoms with van der Waals surface area (Å²) in [4.78, 5) is 20.6. The molecular weight excluding hydrogens is 170 g/mol. The molecule has 13 heavy (non-hydrogen) atoms. The number of hydrogen-bond acceptors (Lipinski definition) is 3. The zero-order valence-electron chi connectivity index (χ0n) is 8.17. The summed E-state index contributed by atoms with van der Waals surface area (Å²) in [5, 5.41) is 11.4. The van der Waals surface area contributed by atoms with Crippen molar-refractivity contribution in [1.82, 2.24) is 5.32 Å². The largest absolute Gasteiger partial charge is 0.481 e. The third kappa shape index (κ3) is 7.46. The molecule has 0 aliphatic heterocycles. The molecule has 0 aromatic heterocycles. The van der Waals surface area contributed by atoms with E-state index >= 15 is 0 Å². The first-order chi connectivity index (χ1) is 5.98. The third-order valence-corrected chi connectivity index (χ3v) is 1.64. The molecule has 0 aliphatic rings. The molecule has 0 spiro atoms. The molecule has 4 nitrogen and oxygen atoms in total. The van der Waals surface area contributed by atoms with Gasteiger partial charge in [0.05, 0.1) is 0 Å². The molecule has 0 saturated heterocycles. The number of carboxylic acids is 1. The van der Waals surface area contributed by atoms with Crippen LogP contribution in [0, 0.1) is 5.41 Å². The van der Waals surface area contributed by atoms with Crippen molar-refractivity contribution in [2.45, 2.75) is 26.7 Å². The molecule has 0 amide bonds. The average molecular weight is 187 g/mol. The maximum atomic E-state index is 10.5. The Morgan fingerprint density at radius 1 is 1.54 bits per heavy atom. The van der Waals surface area contributed by atoms with Gasteiger partial charge in [-0.05, 0) is 13.0 Å². The minimum atomic E-state index is -0.781. The molecule has 76 valence electrons. The number of carboxylic acid groups (broad SMARTS) is 1. The van der Waals surface area contributed by atoms with Crippen LogP contribution in [0.15, 0.2) is 0 Å². The van der Waals surface area contributed by atoms with E-state index in [1.54, 1.807) is 0 Å². The Morgan fingerprint density at radius 3 is 2.62 bits per heavy atom. The minimum absolute atomic E-state index is 0.175. The van der Waals surface area contributed by atoms with Gasteiger partial charge in [0.15, 0.2) is 0 Å². The summed E-state index contributed by atoms with van der Waals surface area (Å²) in [7, 11) is 0. The van der Waals surface area contributed by atoms with Crippen LogP contribution in [-0.2, 0) is 9.59 Å². The molecule has 0 aromatic carbocycles. The molecule has 0 fully saturated rings. The molecular formula is C9H17NO3. The zero-order chi connectivity index (χ0) is 10.3. The first kappa shape index (κ1) is 12.1. The van der Waals surface area contributed by atoms with Gasteiger partial charge in [-0.2, -0.15) is 0 Å². The van der Waals surface area contributed by atoms with E-state index in [0.717, 1.165) is 6.29 Å². The van der Waals surface area contributed by atoms with Crippen LogP contribution in [0.3, 0.4) is 0 Å². The van der Waals surface area contributed by atoms with Gasteiger partial charge in [-0.1, -0.05) is 13.8 Å². The fourth-order valence-electron chi connectivity index (χ4n) is 0.817. The molecule has 0 radical (unpaired) electrons. The molecule has 2 N–H and O–H groups in total. The number of hydrogen-bond donors (Lipinski definition) is 2. The van der Waals surface area contributed by atoms with Crippen molar-refractivity contribution in [2.75, 3.05) is 13.1 Å². The summed E-state index contributed by atoms with van der Waals surface area (Å²) >= 11 is 0. The number of carbonyl (C=O) groups excluding carboxylic acids is 1. The van der Waals surface area contributed by atoms with Crippen LogP contribution in [0.4, 0.5) is 0 Å². The van der Waals surface area contributed by atoms with Gasteiger partial charge in [-0.25, -0.2) is 0 Å². The first-order valence-electron chi connectivity index (χ1n) is 4.37. The Labute approximate surface area is 78.3 Å². The monoisotopic (exact) mass is 187 g/mol. The summed E-state index contributed by atoms with van der Waals surface area (Å²) in [5.74, 6) is -0.781. The van der Waals surface area contributed by atoms with E-state index in [4.69, 9.17) is 5.11 Å².